The second-order valence-electron chi connectivity index (χ2n) is 3.70. The molecule has 1 aromatic rings. The quantitative estimate of drug-likeness (QED) is 0.750. The monoisotopic (exact) mass is 221 g/mol. The zero-order valence-electron chi connectivity index (χ0n) is 9.90. The van der Waals surface area contributed by atoms with E-state index in [1.54, 1.807) is 0 Å². The normalized spacial score (nSPS) is 9.69. The number of hydrogen-bond acceptors (Lipinski definition) is 3. The van der Waals surface area contributed by atoms with Crippen molar-refractivity contribution in [2.45, 2.75) is 13.8 Å². The van der Waals surface area contributed by atoms with Crippen molar-refractivity contribution < 1.29 is 9.47 Å². The predicted octanol–water partition coefficient (Wildman–Crippen LogP) is 2.37. The van der Waals surface area contributed by atoms with Crippen LogP contribution in [-0.4, -0.2) is 19.8 Å². The zero-order chi connectivity index (χ0) is 11.8. The second-order valence-corrected chi connectivity index (χ2v) is 3.70. The van der Waals surface area contributed by atoms with E-state index in [-0.39, 0.29) is 0 Å². The highest BCUT2D eigenvalue weighted by Gasteiger charge is 1.94. The molecule has 0 heterocycles. The zero-order valence-corrected chi connectivity index (χ0v) is 9.90. The van der Waals surface area contributed by atoms with Crippen LogP contribution in [0, 0.1) is 0 Å². The van der Waals surface area contributed by atoms with Crippen LogP contribution in [0.1, 0.15) is 13.8 Å². The minimum atomic E-state index is 0.527. The molecule has 16 heavy (non-hydrogen) atoms. The maximum atomic E-state index is 5.52. The summed E-state index contributed by atoms with van der Waals surface area (Å²) in [7, 11) is 0. The fraction of sp³-hybridized carbons (Fsp3) is 0.385. The third kappa shape index (κ3) is 4.84. The Kier molecular flexibility index (Phi) is 5.43. The Bertz CT molecular complexity index is 326. The summed E-state index contributed by atoms with van der Waals surface area (Å²) in [4.78, 5) is 0. The van der Waals surface area contributed by atoms with Gasteiger partial charge >= 0.3 is 0 Å². The molecule has 3 nitrogen and oxygen atoms in total. The summed E-state index contributed by atoms with van der Waals surface area (Å²) in [6, 6.07) is 7.55. The first-order chi connectivity index (χ1) is 7.72. The Morgan fingerprint density at radius 1 is 1.12 bits per heavy atom. The lowest BCUT2D eigenvalue weighted by Gasteiger charge is -2.06. The van der Waals surface area contributed by atoms with Gasteiger partial charge in [0.25, 0.3) is 0 Å². The van der Waals surface area contributed by atoms with Crippen LogP contribution in [0.2, 0.25) is 0 Å². The molecule has 0 saturated carbocycles. The van der Waals surface area contributed by atoms with Gasteiger partial charge in [0.1, 0.15) is 24.7 Å². The molecule has 0 fully saturated rings. The van der Waals surface area contributed by atoms with E-state index in [2.05, 4.69) is 0 Å². The second kappa shape index (κ2) is 6.90. The SMILES string of the molecule is CC(C)=CCOc1ccc(OCCN)cc1. The molecule has 0 aliphatic rings. The highest BCUT2D eigenvalue weighted by atomic mass is 16.5. The fourth-order valence-electron chi connectivity index (χ4n) is 1.11. The van der Waals surface area contributed by atoms with Gasteiger partial charge in [0.15, 0.2) is 0 Å². The number of rotatable bonds is 6. The van der Waals surface area contributed by atoms with Crippen molar-refractivity contribution in [2.75, 3.05) is 19.8 Å². The van der Waals surface area contributed by atoms with Gasteiger partial charge in [0, 0.05) is 6.54 Å². The van der Waals surface area contributed by atoms with Gasteiger partial charge in [-0.25, -0.2) is 0 Å². The van der Waals surface area contributed by atoms with Gasteiger partial charge in [0.2, 0.25) is 0 Å². The van der Waals surface area contributed by atoms with Crippen LogP contribution in [0.5, 0.6) is 11.5 Å². The van der Waals surface area contributed by atoms with Crippen molar-refractivity contribution in [1.82, 2.24) is 0 Å². The molecule has 1 rings (SSSR count). The first-order valence-corrected chi connectivity index (χ1v) is 5.41. The Balaban J connectivity index is 2.42. The lowest BCUT2D eigenvalue weighted by molar-refractivity contribution is 0.326. The molecule has 0 bridgehead atoms. The summed E-state index contributed by atoms with van der Waals surface area (Å²) < 4.78 is 10.9. The number of benzene rings is 1. The molecule has 0 aromatic heterocycles. The van der Waals surface area contributed by atoms with Gasteiger partial charge in [-0.3, -0.25) is 0 Å². The fourth-order valence-corrected chi connectivity index (χ4v) is 1.11. The van der Waals surface area contributed by atoms with Crippen molar-refractivity contribution in [1.29, 1.82) is 0 Å². The van der Waals surface area contributed by atoms with Crippen LogP contribution >= 0.6 is 0 Å². The van der Waals surface area contributed by atoms with Crippen molar-refractivity contribution in [3.63, 3.8) is 0 Å². The van der Waals surface area contributed by atoms with Crippen LogP contribution in [0.25, 0.3) is 0 Å². The maximum Gasteiger partial charge on any atom is 0.120 e. The van der Waals surface area contributed by atoms with Crippen LogP contribution in [-0.2, 0) is 0 Å². The average Bonchev–Trinajstić information content (AvgIpc) is 2.27. The largest absolute Gasteiger partial charge is 0.492 e. The van der Waals surface area contributed by atoms with Gasteiger partial charge < -0.3 is 15.2 Å². The first kappa shape index (κ1) is 12.6. The number of hydrogen-bond donors (Lipinski definition) is 1. The van der Waals surface area contributed by atoms with Gasteiger partial charge in [-0.1, -0.05) is 5.57 Å². The number of allylic oxidation sites excluding steroid dienone is 1. The Morgan fingerprint density at radius 2 is 1.69 bits per heavy atom. The Hall–Kier alpha value is -1.48. The molecular formula is C13H19NO2. The molecule has 0 radical (unpaired) electrons. The maximum absolute atomic E-state index is 5.52. The molecule has 0 amide bonds. The molecule has 1 aromatic carbocycles. The van der Waals surface area contributed by atoms with E-state index in [0.717, 1.165) is 11.5 Å². The van der Waals surface area contributed by atoms with E-state index in [0.29, 0.717) is 19.8 Å². The minimum Gasteiger partial charge on any atom is -0.492 e. The number of ether oxygens (including phenoxy) is 2. The molecule has 0 unspecified atom stereocenters. The Labute approximate surface area is 96.9 Å². The highest BCUT2D eigenvalue weighted by molar-refractivity contribution is 5.31. The molecule has 0 atom stereocenters. The Morgan fingerprint density at radius 3 is 2.19 bits per heavy atom. The van der Waals surface area contributed by atoms with E-state index in [1.165, 1.54) is 5.57 Å². The van der Waals surface area contributed by atoms with Gasteiger partial charge in [-0.15, -0.1) is 0 Å². The average molecular weight is 221 g/mol. The summed E-state index contributed by atoms with van der Waals surface area (Å²) in [5, 5.41) is 0. The molecule has 0 saturated heterocycles. The van der Waals surface area contributed by atoms with Gasteiger partial charge in [-0.2, -0.15) is 0 Å². The van der Waals surface area contributed by atoms with E-state index < -0.39 is 0 Å². The summed E-state index contributed by atoms with van der Waals surface area (Å²) in [6.07, 6.45) is 2.04. The van der Waals surface area contributed by atoms with Crippen molar-refractivity contribution in [3.8, 4) is 11.5 Å². The lowest BCUT2D eigenvalue weighted by Crippen LogP contribution is -2.10. The molecule has 88 valence electrons. The van der Waals surface area contributed by atoms with Gasteiger partial charge in [-0.05, 0) is 44.2 Å². The first-order valence-electron chi connectivity index (χ1n) is 5.41. The van der Waals surface area contributed by atoms with Crippen LogP contribution in [0.3, 0.4) is 0 Å². The molecule has 0 aliphatic heterocycles. The van der Waals surface area contributed by atoms with E-state index in [1.807, 2.05) is 44.2 Å². The smallest absolute Gasteiger partial charge is 0.120 e. The summed E-state index contributed by atoms with van der Waals surface area (Å²) in [6.45, 7) is 5.77. The van der Waals surface area contributed by atoms with Crippen LogP contribution < -0.4 is 15.2 Å². The van der Waals surface area contributed by atoms with E-state index >= 15 is 0 Å². The van der Waals surface area contributed by atoms with E-state index in [4.69, 9.17) is 15.2 Å². The van der Waals surface area contributed by atoms with Crippen molar-refractivity contribution >= 4 is 0 Å². The molecule has 0 spiro atoms. The molecule has 2 N–H and O–H groups in total. The van der Waals surface area contributed by atoms with Crippen LogP contribution in [0.4, 0.5) is 0 Å². The third-order valence-electron chi connectivity index (χ3n) is 1.95. The van der Waals surface area contributed by atoms with E-state index in [9.17, 15) is 0 Å². The van der Waals surface area contributed by atoms with Crippen molar-refractivity contribution in [3.05, 3.63) is 35.9 Å². The number of nitrogens with two attached hydrogens (primary N) is 1. The summed E-state index contributed by atoms with van der Waals surface area (Å²) >= 11 is 0. The molecule has 3 heteroatoms. The minimum absolute atomic E-state index is 0.527. The highest BCUT2D eigenvalue weighted by Crippen LogP contribution is 2.17. The third-order valence-corrected chi connectivity index (χ3v) is 1.95. The van der Waals surface area contributed by atoms with Crippen molar-refractivity contribution in [2.24, 2.45) is 5.73 Å². The van der Waals surface area contributed by atoms with Crippen LogP contribution in [0.15, 0.2) is 35.9 Å². The standard InChI is InChI=1S/C13H19NO2/c1-11(2)7-9-15-12-3-5-13(6-4-12)16-10-8-14/h3-7H,8-10,14H2,1-2H3. The topological polar surface area (TPSA) is 44.5 Å². The summed E-state index contributed by atoms with van der Waals surface area (Å²) in [5.41, 5.74) is 6.60. The lowest BCUT2D eigenvalue weighted by atomic mass is 10.3. The predicted molar refractivity (Wildman–Crippen MR) is 65.9 cm³/mol. The van der Waals surface area contributed by atoms with Gasteiger partial charge in [0.05, 0.1) is 0 Å². The molecule has 0 aliphatic carbocycles. The molecular weight excluding hydrogens is 202 g/mol. The summed E-state index contributed by atoms with van der Waals surface area (Å²) in [5.74, 6) is 1.66.